The van der Waals surface area contributed by atoms with Gasteiger partial charge in [0.25, 0.3) is 0 Å². The number of aromatic nitrogens is 4. The number of pyridine rings is 1. The van der Waals surface area contributed by atoms with Gasteiger partial charge in [-0.05, 0) is 61.7 Å². The first kappa shape index (κ1) is 23.6. The van der Waals surface area contributed by atoms with Crippen LogP contribution in [0.1, 0.15) is 24.3 Å². The van der Waals surface area contributed by atoms with Crippen LogP contribution < -0.4 is 20.5 Å². The van der Waals surface area contributed by atoms with Crippen molar-refractivity contribution in [1.29, 1.82) is 0 Å². The number of methoxy groups -OCH3 is 2. The second-order valence-electron chi connectivity index (χ2n) is 8.82. The second kappa shape index (κ2) is 10.2. The Bertz CT molecular complexity index is 1360. The first-order valence-electron chi connectivity index (χ1n) is 11.8. The van der Waals surface area contributed by atoms with Crippen LogP contribution in [0.5, 0.6) is 11.6 Å². The van der Waals surface area contributed by atoms with E-state index in [9.17, 15) is 4.79 Å². The van der Waals surface area contributed by atoms with E-state index in [0.717, 1.165) is 59.7 Å². The van der Waals surface area contributed by atoms with Crippen molar-refractivity contribution in [3.05, 3.63) is 60.4 Å². The van der Waals surface area contributed by atoms with E-state index < -0.39 is 0 Å². The van der Waals surface area contributed by atoms with E-state index in [-0.39, 0.29) is 5.91 Å². The normalized spacial score (nSPS) is 14.6. The van der Waals surface area contributed by atoms with E-state index in [1.807, 2.05) is 40.9 Å². The van der Waals surface area contributed by atoms with Crippen molar-refractivity contribution in [2.45, 2.75) is 18.8 Å². The Balaban J connectivity index is 1.34. The minimum Gasteiger partial charge on any atom is -0.496 e. The maximum atomic E-state index is 11.2. The van der Waals surface area contributed by atoms with Crippen molar-refractivity contribution >= 4 is 23.1 Å². The zero-order valence-corrected chi connectivity index (χ0v) is 20.3. The van der Waals surface area contributed by atoms with Crippen molar-refractivity contribution in [3.8, 4) is 22.9 Å². The lowest BCUT2D eigenvalue weighted by atomic mass is 9.88. The lowest BCUT2D eigenvalue weighted by molar-refractivity contribution is -0.119. The predicted octanol–water partition coefficient (Wildman–Crippen LogP) is 3.22. The monoisotopic (exact) mass is 487 g/mol. The Labute approximate surface area is 209 Å². The molecule has 3 N–H and O–H groups in total. The summed E-state index contributed by atoms with van der Waals surface area (Å²) in [4.78, 5) is 22.1. The summed E-state index contributed by atoms with van der Waals surface area (Å²) in [6, 6.07) is 13.8. The summed E-state index contributed by atoms with van der Waals surface area (Å²) in [6.07, 6.45) is 5.44. The molecule has 5 rings (SSSR count). The number of nitrogens with one attached hydrogen (secondary N) is 1. The van der Waals surface area contributed by atoms with Gasteiger partial charge in [-0.15, -0.1) is 5.10 Å². The molecule has 4 aromatic rings. The number of carbonyl (C=O) groups is 1. The third-order valence-electron chi connectivity index (χ3n) is 6.54. The highest BCUT2D eigenvalue weighted by molar-refractivity contribution is 5.76. The van der Waals surface area contributed by atoms with E-state index in [0.29, 0.717) is 24.3 Å². The summed E-state index contributed by atoms with van der Waals surface area (Å²) >= 11 is 0. The first-order chi connectivity index (χ1) is 17.5. The summed E-state index contributed by atoms with van der Waals surface area (Å²) in [7, 11) is 3.28. The molecule has 0 saturated carbocycles. The molecule has 1 aliphatic heterocycles. The number of amides is 1. The van der Waals surface area contributed by atoms with Crippen LogP contribution in [0.15, 0.2) is 54.9 Å². The molecule has 0 unspecified atom stereocenters. The van der Waals surface area contributed by atoms with E-state index in [4.69, 9.17) is 20.3 Å². The molecule has 1 saturated heterocycles. The minimum absolute atomic E-state index is 0.283. The fourth-order valence-corrected chi connectivity index (χ4v) is 4.71. The van der Waals surface area contributed by atoms with Crippen molar-refractivity contribution in [3.63, 3.8) is 0 Å². The molecule has 1 amide bonds. The van der Waals surface area contributed by atoms with Crippen molar-refractivity contribution in [1.82, 2.24) is 24.5 Å². The van der Waals surface area contributed by atoms with Gasteiger partial charge in [-0.25, -0.2) is 14.5 Å². The van der Waals surface area contributed by atoms with Crippen LogP contribution in [0.3, 0.4) is 0 Å². The number of carbonyl (C=O) groups excluding carboxylic acids is 1. The average Bonchev–Trinajstić information content (AvgIpc) is 3.32. The molecule has 1 aliphatic rings. The molecule has 0 aliphatic carbocycles. The predicted molar refractivity (Wildman–Crippen MR) is 137 cm³/mol. The number of likely N-dealkylation sites (tertiary alicyclic amines) is 1. The Morgan fingerprint density at radius 1 is 1.06 bits per heavy atom. The van der Waals surface area contributed by atoms with Gasteiger partial charge in [0, 0.05) is 29.6 Å². The SMILES string of the molecule is COc1ccc(-c2ccc3cnc(Nc4ccc(C5CCN(CC(N)=O)CC5)c(OC)c4)nn23)cn1. The van der Waals surface area contributed by atoms with E-state index in [2.05, 4.69) is 26.3 Å². The molecule has 4 heterocycles. The van der Waals surface area contributed by atoms with Crippen LogP contribution in [0.25, 0.3) is 16.8 Å². The van der Waals surface area contributed by atoms with Gasteiger partial charge >= 0.3 is 0 Å². The Hall–Kier alpha value is -4.18. The number of rotatable bonds is 8. The standard InChI is InChI=1S/C26H29N7O3/c1-35-23-13-19(4-6-21(23)17-9-11-32(12-10-17)16-24(27)34)30-26-29-15-20-5-7-22(33(20)31-26)18-3-8-25(36-2)28-14-18/h3-8,13-15,17H,9-12,16H2,1-2H3,(H2,27,34)(H,30,31). The lowest BCUT2D eigenvalue weighted by Crippen LogP contribution is -2.39. The lowest BCUT2D eigenvalue weighted by Gasteiger charge is -2.32. The number of hydrogen-bond donors (Lipinski definition) is 2. The molecule has 186 valence electrons. The van der Waals surface area contributed by atoms with Crippen molar-refractivity contribution in [2.75, 3.05) is 39.2 Å². The maximum absolute atomic E-state index is 11.2. The number of piperidine rings is 1. The first-order valence-corrected chi connectivity index (χ1v) is 11.8. The molecule has 1 fully saturated rings. The topological polar surface area (TPSA) is 120 Å². The number of benzene rings is 1. The van der Waals surface area contributed by atoms with Gasteiger partial charge in [0.2, 0.25) is 17.7 Å². The van der Waals surface area contributed by atoms with Crippen LogP contribution in [-0.2, 0) is 4.79 Å². The highest BCUT2D eigenvalue weighted by Gasteiger charge is 2.24. The van der Waals surface area contributed by atoms with Gasteiger partial charge in [-0.1, -0.05) is 6.07 Å². The third kappa shape index (κ3) is 4.94. The van der Waals surface area contributed by atoms with Crippen LogP contribution in [0.4, 0.5) is 11.6 Å². The molecule has 0 radical (unpaired) electrons. The van der Waals surface area contributed by atoms with Crippen molar-refractivity contribution < 1.29 is 14.3 Å². The Morgan fingerprint density at radius 2 is 1.89 bits per heavy atom. The molecule has 0 spiro atoms. The number of nitrogens with zero attached hydrogens (tertiary/aromatic N) is 5. The molecule has 0 atom stereocenters. The van der Waals surface area contributed by atoms with Gasteiger partial charge in [0.1, 0.15) is 5.75 Å². The van der Waals surface area contributed by atoms with Crippen LogP contribution in [0, 0.1) is 0 Å². The zero-order chi connectivity index (χ0) is 25.1. The Kier molecular flexibility index (Phi) is 6.68. The smallest absolute Gasteiger partial charge is 0.245 e. The molecule has 1 aromatic carbocycles. The summed E-state index contributed by atoms with van der Waals surface area (Å²) < 4.78 is 12.7. The summed E-state index contributed by atoms with van der Waals surface area (Å²) in [5, 5.41) is 8.00. The molecular weight excluding hydrogens is 458 g/mol. The number of anilines is 2. The summed E-state index contributed by atoms with van der Waals surface area (Å²) in [5.41, 5.74) is 10.0. The third-order valence-corrected chi connectivity index (χ3v) is 6.54. The van der Waals surface area contributed by atoms with E-state index >= 15 is 0 Å². The van der Waals surface area contributed by atoms with Gasteiger partial charge in [-0.3, -0.25) is 9.69 Å². The zero-order valence-electron chi connectivity index (χ0n) is 20.3. The largest absolute Gasteiger partial charge is 0.496 e. The molecule has 3 aromatic heterocycles. The molecule has 10 nitrogen and oxygen atoms in total. The van der Waals surface area contributed by atoms with Crippen LogP contribution in [-0.4, -0.2) is 64.2 Å². The molecule has 10 heteroatoms. The maximum Gasteiger partial charge on any atom is 0.245 e. The average molecular weight is 488 g/mol. The number of fused-ring (bicyclic) bond motifs is 1. The fourth-order valence-electron chi connectivity index (χ4n) is 4.71. The van der Waals surface area contributed by atoms with Gasteiger partial charge in [0.15, 0.2) is 0 Å². The quantitative estimate of drug-likeness (QED) is 0.389. The van der Waals surface area contributed by atoms with E-state index in [1.54, 1.807) is 26.6 Å². The minimum atomic E-state index is -0.283. The van der Waals surface area contributed by atoms with Gasteiger partial charge < -0.3 is 20.5 Å². The highest BCUT2D eigenvalue weighted by atomic mass is 16.5. The highest BCUT2D eigenvalue weighted by Crippen LogP contribution is 2.36. The number of ether oxygens (including phenoxy) is 2. The number of primary amides is 1. The van der Waals surface area contributed by atoms with E-state index in [1.165, 1.54) is 0 Å². The fraction of sp³-hybridized carbons (Fsp3) is 0.308. The summed E-state index contributed by atoms with van der Waals surface area (Å²) in [5.74, 6) is 1.93. The van der Waals surface area contributed by atoms with Gasteiger partial charge in [-0.2, -0.15) is 0 Å². The molecule has 36 heavy (non-hydrogen) atoms. The summed E-state index contributed by atoms with van der Waals surface area (Å²) in [6.45, 7) is 2.00. The molecular formula is C26H29N7O3. The van der Waals surface area contributed by atoms with Crippen LogP contribution >= 0.6 is 0 Å². The van der Waals surface area contributed by atoms with Gasteiger partial charge in [0.05, 0.1) is 38.2 Å². The number of nitrogens with two attached hydrogens (primary N) is 1. The molecule has 0 bridgehead atoms. The second-order valence-corrected chi connectivity index (χ2v) is 8.82. The number of hydrogen-bond acceptors (Lipinski definition) is 8. The van der Waals surface area contributed by atoms with Crippen molar-refractivity contribution in [2.24, 2.45) is 5.73 Å². The Morgan fingerprint density at radius 3 is 2.58 bits per heavy atom. The van der Waals surface area contributed by atoms with Crippen LogP contribution in [0.2, 0.25) is 0 Å².